The van der Waals surface area contributed by atoms with Gasteiger partial charge in [-0.3, -0.25) is 4.79 Å². The van der Waals surface area contributed by atoms with Gasteiger partial charge in [-0.25, -0.2) is 0 Å². The number of likely N-dealkylation sites (N-methyl/N-ethyl adjacent to an activating group) is 1. The van der Waals surface area contributed by atoms with Crippen LogP contribution < -0.4 is 10.6 Å². The first-order chi connectivity index (χ1) is 6.98. The second kappa shape index (κ2) is 3.07. The Bertz CT molecular complexity index is 424. The van der Waals surface area contributed by atoms with Gasteiger partial charge in [-0.05, 0) is 31.0 Å². The molecular formula is C12H16N2O. The molecule has 0 atom stereocenters. The van der Waals surface area contributed by atoms with Crippen molar-refractivity contribution >= 4 is 11.6 Å². The van der Waals surface area contributed by atoms with Crippen LogP contribution in [-0.4, -0.2) is 13.0 Å². The first kappa shape index (κ1) is 10.2. The van der Waals surface area contributed by atoms with Crippen molar-refractivity contribution in [1.82, 2.24) is 0 Å². The molecule has 0 bridgehead atoms. The summed E-state index contributed by atoms with van der Waals surface area (Å²) in [5.41, 5.74) is 8.34. The van der Waals surface area contributed by atoms with Crippen molar-refractivity contribution in [2.45, 2.75) is 25.8 Å². The van der Waals surface area contributed by atoms with Crippen LogP contribution in [-0.2, 0) is 16.8 Å². The predicted molar refractivity (Wildman–Crippen MR) is 60.8 cm³/mol. The summed E-state index contributed by atoms with van der Waals surface area (Å²) in [5, 5.41) is 0. The molecule has 0 saturated carbocycles. The number of anilines is 1. The van der Waals surface area contributed by atoms with E-state index in [0.29, 0.717) is 6.54 Å². The number of carbonyl (C=O) groups is 1. The second-order valence-electron chi connectivity index (χ2n) is 4.54. The van der Waals surface area contributed by atoms with Crippen LogP contribution in [0.25, 0.3) is 0 Å². The van der Waals surface area contributed by atoms with E-state index in [9.17, 15) is 4.79 Å². The van der Waals surface area contributed by atoms with Gasteiger partial charge in [0.1, 0.15) is 0 Å². The molecule has 1 aromatic rings. The minimum absolute atomic E-state index is 0.145. The van der Waals surface area contributed by atoms with Crippen molar-refractivity contribution in [3.05, 3.63) is 29.3 Å². The highest BCUT2D eigenvalue weighted by Crippen LogP contribution is 2.40. The van der Waals surface area contributed by atoms with E-state index in [0.717, 1.165) is 16.8 Å². The minimum atomic E-state index is -0.421. The maximum Gasteiger partial charge on any atom is 0.236 e. The highest BCUT2D eigenvalue weighted by atomic mass is 16.2. The smallest absolute Gasteiger partial charge is 0.236 e. The Hall–Kier alpha value is -1.35. The fourth-order valence-electron chi connectivity index (χ4n) is 2.15. The van der Waals surface area contributed by atoms with Crippen LogP contribution in [0.15, 0.2) is 18.2 Å². The van der Waals surface area contributed by atoms with Gasteiger partial charge in [0.15, 0.2) is 0 Å². The molecule has 3 nitrogen and oxygen atoms in total. The number of rotatable bonds is 1. The van der Waals surface area contributed by atoms with E-state index in [1.165, 1.54) is 0 Å². The zero-order chi connectivity index (χ0) is 11.2. The molecule has 0 spiro atoms. The van der Waals surface area contributed by atoms with Gasteiger partial charge in [-0.15, -0.1) is 0 Å². The van der Waals surface area contributed by atoms with Crippen molar-refractivity contribution in [2.24, 2.45) is 5.73 Å². The minimum Gasteiger partial charge on any atom is -0.326 e. The Labute approximate surface area is 89.9 Å². The van der Waals surface area contributed by atoms with Gasteiger partial charge in [0.25, 0.3) is 0 Å². The second-order valence-corrected chi connectivity index (χ2v) is 4.54. The summed E-state index contributed by atoms with van der Waals surface area (Å²) in [6.07, 6.45) is 0. The normalized spacial score (nSPS) is 18.1. The van der Waals surface area contributed by atoms with Crippen LogP contribution in [0.2, 0.25) is 0 Å². The molecule has 3 heteroatoms. The van der Waals surface area contributed by atoms with Gasteiger partial charge in [-0.2, -0.15) is 0 Å². The average molecular weight is 204 g/mol. The molecular weight excluding hydrogens is 188 g/mol. The first-order valence-electron chi connectivity index (χ1n) is 5.10. The van der Waals surface area contributed by atoms with Gasteiger partial charge in [0.05, 0.1) is 5.41 Å². The van der Waals surface area contributed by atoms with Crippen LogP contribution in [0, 0.1) is 0 Å². The standard InChI is InChI=1S/C12H16N2O/c1-12(2)9-6-8(7-13)4-5-10(9)14(3)11(12)15/h4-6H,7,13H2,1-3H3. The van der Waals surface area contributed by atoms with E-state index in [2.05, 4.69) is 0 Å². The topological polar surface area (TPSA) is 46.3 Å². The van der Waals surface area contributed by atoms with Crippen LogP contribution in [0.4, 0.5) is 5.69 Å². The van der Waals surface area contributed by atoms with Crippen LogP contribution in [0.5, 0.6) is 0 Å². The molecule has 15 heavy (non-hydrogen) atoms. The third-order valence-electron chi connectivity index (χ3n) is 3.17. The first-order valence-corrected chi connectivity index (χ1v) is 5.10. The van der Waals surface area contributed by atoms with E-state index >= 15 is 0 Å². The Morgan fingerprint density at radius 2 is 2.07 bits per heavy atom. The SMILES string of the molecule is CN1C(=O)C(C)(C)c2cc(CN)ccc21. The van der Waals surface area contributed by atoms with E-state index in [1.807, 2.05) is 39.1 Å². The van der Waals surface area contributed by atoms with Crippen molar-refractivity contribution in [1.29, 1.82) is 0 Å². The number of hydrogen-bond acceptors (Lipinski definition) is 2. The fourth-order valence-corrected chi connectivity index (χ4v) is 2.15. The van der Waals surface area contributed by atoms with Gasteiger partial charge < -0.3 is 10.6 Å². The third-order valence-corrected chi connectivity index (χ3v) is 3.17. The Kier molecular flexibility index (Phi) is 2.08. The lowest BCUT2D eigenvalue weighted by Crippen LogP contribution is -2.33. The quantitative estimate of drug-likeness (QED) is 0.751. The van der Waals surface area contributed by atoms with Gasteiger partial charge in [0, 0.05) is 19.3 Å². The van der Waals surface area contributed by atoms with Crippen molar-refractivity contribution < 1.29 is 4.79 Å². The number of amides is 1. The summed E-state index contributed by atoms with van der Waals surface area (Å²) in [5.74, 6) is 0.145. The molecule has 80 valence electrons. The lowest BCUT2D eigenvalue weighted by molar-refractivity contribution is -0.121. The zero-order valence-corrected chi connectivity index (χ0v) is 9.37. The molecule has 0 saturated heterocycles. The lowest BCUT2D eigenvalue weighted by Gasteiger charge is -2.16. The molecule has 0 unspecified atom stereocenters. The van der Waals surface area contributed by atoms with E-state index in [4.69, 9.17) is 5.73 Å². The molecule has 2 N–H and O–H groups in total. The maximum atomic E-state index is 12.0. The Morgan fingerprint density at radius 1 is 1.40 bits per heavy atom. The number of nitrogens with two attached hydrogens (primary N) is 1. The number of carbonyl (C=O) groups excluding carboxylic acids is 1. The fraction of sp³-hybridized carbons (Fsp3) is 0.417. The monoisotopic (exact) mass is 204 g/mol. The Balaban J connectivity index is 2.62. The molecule has 0 radical (unpaired) electrons. The average Bonchev–Trinajstić information content (AvgIpc) is 2.40. The van der Waals surface area contributed by atoms with E-state index < -0.39 is 5.41 Å². The highest BCUT2D eigenvalue weighted by molar-refractivity contribution is 6.07. The highest BCUT2D eigenvalue weighted by Gasteiger charge is 2.41. The number of nitrogens with zero attached hydrogens (tertiary/aromatic N) is 1. The summed E-state index contributed by atoms with van der Waals surface area (Å²) in [6, 6.07) is 5.99. The predicted octanol–water partition coefficient (Wildman–Crippen LogP) is 1.40. The molecule has 0 fully saturated rings. The molecule has 2 rings (SSSR count). The molecule has 1 aromatic carbocycles. The summed E-state index contributed by atoms with van der Waals surface area (Å²) in [6.45, 7) is 4.43. The number of fused-ring (bicyclic) bond motifs is 1. The summed E-state index contributed by atoms with van der Waals surface area (Å²) in [4.78, 5) is 13.7. The Morgan fingerprint density at radius 3 is 2.67 bits per heavy atom. The number of hydrogen-bond donors (Lipinski definition) is 1. The van der Waals surface area contributed by atoms with Crippen LogP contribution >= 0.6 is 0 Å². The van der Waals surface area contributed by atoms with Crippen LogP contribution in [0.3, 0.4) is 0 Å². The molecule has 1 aliphatic heterocycles. The molecule has 1 amide bonds. The maximum absolute atomic E-state index is 12.0. The molecule has 1 aliphatic rings. The molecule has 1 heterocycles. The summed E-state index contributed by atoms with van der Waals surface area (Å²) < 4.78 is 0. The van der Waals surface area contributed by atoms with E-state index in [-0.39, 0.29) is 5.91 Å². The lowest BCUT2D eigenvalue weighted by atomic mass is 9.85. The largest absolute Gasteiger partial charge is 0.326 e. The molecule has 0 aromatic heterocycles. The van der Waals surface area contributed by atoms with Crippen molar-refractivity contribution in [2.75, 3.05) is 11.9 Å². The van der Waals surface area contributed by atoms with Crippen molar-refractivity contribution in [3.63, 3.8) is 0 Å². The molecule has 0 aliphatic carbocycles. The van der Waals surface area contributed by atoms with E-state index in [1.54, 1.807) is 4.90 Å². The van der Waals surface area contributed by atoms with Gasteiger partial charge in [0.2, 0.25) is 5.91 Å². The van der Waals surface area contributed by atoms with Crippen molar-refractivity contribution in [3.8, 4) is 0 Å². The third kappa shape index (κ3) is 1.27. The van der Waals surface area contributed by atoms with Crippen LogP contribution in [0.1, 0.15) is 25.0 Å². The number of benzene rings is 1. The zero-order valence-electron chi connectivity index (χ0n) is 9.37. The van der Waals surface area contributed by atoms with Gasteiger partial charge >= 0.3 is 0 Å². The van der Waals surface area contributed by atoms with Gasteiger partial charge in [-0.1, -0.05) is 12.1 Å². The summed E-state index contributed by atoms with van der Waals surface area (Å²) >= 11 is 0. The summed E-state index contributed by atoms with van der Waals surface area (Å²) in [7, 11) is 1.82.